The number of rotatable bonds is 3. The van der Waals surface area contributed by atoms with Gasteiger partial charge in [-0.05, 0) is 39.5 Å². The maximum atomic E-state index is 11.9. The van der Waals surface area contributed by atoms with Gasteiger partial charge in [-0.15, -0.1) is 0 Å². The minimum absolute atomic E-state index is 0.0359. The van der Waals surface area contributed by atoms with E-state index < -0.39 is 23.2 Å². The average molecular weight is 271 g/mol. The molecule has 0 heterocycles. The summed E-state index contributed by atoms with van der Waals surface area (Å²) < 4.78 is 5.20. The van der Waals surface area contributed by atoms with Crippen LogP contribution in [0.5, 0.6) is 0 Å². The third kappa shape index (κ3) is 3.85. The Labute approximate surface area is 114 Å². The first kappa shape index (κ1) is 15.8. The highest BCUT2D eigenvalue weighted by molar-refractivity contribution is 5.85. The van der Waals surface area contributed by atoms with E-state index in [0.29, 0.717) is 6.42 Å². The standard InChI is InChI=1S/C14H25NO4/c1-5-10-8-6-7-9-14(10,11(16)17)15-12(18)19-13(2,3)4/h10H,5-9H2,1-4H3,(H,15,18)(H,16,17). The first-order valence-electron chi connectivity index (χ1n) is 6.96. The molecule has 1 aliphatic carbocycles. The van der Waals surface area contributed by atoms with Crippen LogP contribution < -0.4 is 5.32 Å². The molecule has 5 heteroatoms. The molecular weight excluding hydrogens is 246 g/mol. The lowest BCUT2D eigenvalue weighted by Gasteiger charge is -2.41. The molecule has 2 unspecified atom stereocenters. The van der Waals surface area contributed by atoms with E-state index in [1.54, 1.807) is 20.8 Å². The molecule has 0 aromatic heterocycles. The molecule has 1 saturated carbocycles. The van der Waals surface area contributed by atoms with Crippen molar-refractivity contribution >= 4 is 12.1 Å². The van der Waals surface area contributed by atoms with E-state index in [-0.39, 0.29) is 5.92 Å². The third-order valence-electron chi connectivity index (χ3n) is 3.67. The van der Waals surface area contributed by atoms with Crippen LogP contribution in [0.3, 0.4) is 0 Å². The Hall–Kier alpha value is -1.26. The SMILES string of the molecule is CCC1CCCCC1(NC(=O)OC(C)(C)C)C(=O)O. The predicted octanol–water partition coefficient (Wildman–Crippen LogP) is 2.93. The molecule has 2 N–H and O–H groups in total. The lowest BCUT2D eigenvalue weighted by molar-refractivity contribution is -0.149. The highest BCUT2D eigenvalue weighted by atomic mass is 16.6. The normalized spacial score (nSPS) is 27.7. The average Bonchev–Trinajstić information content (AvgIpc) is 2.26. The minimum atomic E-state index is -1.17. The summed E-state index contributed by atoms with van der Waals surface area (Å²) in [4.78, 5) is 23.6. The highest BCUT2D eigenvalue weighted by Gasteiger charge is 2.48. The number of ether oxygens (including phenoxy) is 1. The van der Waals surface area contributed by atoms with Crippen molar-refractivity contribution in [3.05, 3.63) is 0 Å². The number of hydrogen-bond donors (Lipinski definition) is 2. The van der Waals surface area contributed by atoms with Gasteiger partial charge in [-0.1, -0.05) is 26.2 Å². The Kier molecular flexibility index (Phi) is 4.82. The van der Waals surface area contributed by atoms with Crippen LogP contribution in [0.4, 0.5) is 4.79 Å². The Morgan fingerprint density at radius 3 is 2.47 bits per heavy atom. The molecule has 0 saturated heterocycles. The zero-order valence-electron chi connectivity index (χ0n) is 12.3. The van der Waals surface area contributed by atoms with E-state index in [0.717, 1.165) is 25.7 Å². The summed E-state index contributed by atoms with van der Waals surface area (Å²) in [5.41, 5.74) is -1.80. The van der Waals surface area contributed by atoms with Gasteiger partial charge < -0.3 is 15.2 Å². The molecule has 1 rings (SSSR count). The van der Waals surface area contributed by atoms with Gasteiger partial charge in [0.1, 0.15) is 11.1 Å². The molecule has 0 radical (unpaired) electrons. The van der Waals surface area contributed by atoms with Crippen molar-refractivity contribution < 1.29 is 19.4 Å². The molecule has 0 spiro atoms. The molecule has 1 amide bonds. The number of carboxylic acids is 1. The Morgan fingerprint density at radius 2 is 2.00 bits per heavy atom. The lowest BCUT2D eigenvalue weighted by Crippen LogP contribution is -2.61. The van der Waals surface area contributed by atoms with Crippen LogP contribution in [-0.2, 0) is 9.53 Å². The Morgan fingerprint density at radius 1 is 1.37 bits per heavy atom. The van der Waals surface area contributed by atoms with E-state index in [1.807, 2.05) is 6.92 Å². The maximum absolute atomic E-state index is 11.9. The van der Waals surface area contributed by atoms with E-state index in [9.17, 15) is 14.7 Å². The first-order valence-corrected chi connectivity index (χ1v) is 6.96. The van der Waals surface area contributed by atoms with Crippen molar-refractivity contribution in [3.8, 4) is 0 Å². The quantitative estimate of drug-likeness (QED) is 0.827. The molecule has 1 fully saturated rings. The monoisotopic (exact) mass is 271 g/mol. The molecule has 19 heavy (non-hydrogen) atoms. The first-order chi connectivity index (χ1) is 8.71. The second-order valence-corrected chi connectivity index (χ2v) is 6.25. The van der Waals surface area contributed by atoms with Crippen LogP contribution >= 0.6 is 0 Å². The second-order valence-electron chi connectivity index (χ2n) is 6.25. The summed E-state index contributed by atoms with van der Waals surface area (Å²) in [5, 5.41) is 12.2. The van der Waals surface area contributed by atoms with Gasteiger partial charge in [0.2, 0.25) is 0 Å². The van der Waals surface area contributed by atoms with Crippen LogP contribution in [0.2, 0.25) is 0 Å². The molecule has 0 aromatic carbocycles. The van der Waals surface area contributed by atoms with Crippen LogP contribution in [0.15, 0.2) is 0 Å². The zero-order chi connectivity index (χ0) is 14.7. The zero-order valence-corrected chi connectivity index (χ0v) is 12.3. The smallest absolute Gasteiger partial charge is 0.408 e. The Balaban J connectivity index is 2.87. The molecular formula is C14H25NO4. The highest BCUT2D eigenvalue weighted by Crippen LogP contribution is 2.36. The number of carbonyl (C=O) groups excluding carboxylic acids is 1. The molecule has 1 aliphatic rings. The van der Waals surface area contributed by atoms with Crippen LogP contribution in [-0.4, -0.2) is 28.3 Å². The fourth-order valence-electron chi connectivity index (χ4n) is 2.78. The van der Waals surface area contributed by atoms with Crippen molar-refractivity contribution in [1.82, 2.24) is 5.32 Å². The van der Waals surface area contributed by atoms with Crippen molar-refractivity contribution in [2.24, 2.45) is 5.92 Å². The molecule has 0 aromatic rings. The number of carboxylic acid groups (broad SMARTS) is 1. The number of aliphatic carboxylic acids is 1. The molecule has 5 nitrogen and oxygen atoms in total. The summed E-state index contributed by atoms with van der Waals surface area (Å²) in [6.07, 6.45) is 3.23. The van der Waals surface area contributed by atoms with Crippen LogP contribution in [0.25, 0.3) is 0 Å². The van der Waals surface area contributed by atoms with Gasteiger partial charge in [0.15, 0.2) is 0 Å². The van der Waals surface area contributed by atoms with Gasteiger partial charge in [0.05, 0.1) is 0 Å². The van der Waals surface area contributed by atoms with Crippen molar-refractivity contribution in [2.75, 3.05) is 0 Å². The molecule has 0 bridgehead atoms. The van der Waals surface area contributed by atoms with Gasteiger partial charge in [-0.25, -0.2) is 9.59 Å². The lowest BCUT2D eigenvalue weighted by atomic mass is 9.71. The fourth-order valence-corrected chi connectivity index (χ4v) is 2.78. The third-order valence-corrected chi connectivity index (χ3v) is 3.67. The van der Waals surface area contributed by atoms with Crippen molar-refractivity contribution in [3.63, 3.8) is 0 Å². The van der Waals surface area contributed by atoms with E-state index in [1.165, 1.54) is 0 Å². The van der Waals surface area contributed by atoms with E-state index in [2.05, 4.69) is 5.32 Å². The topological polar surface area (TPSA) is 75.6 Å². The second kappa shape index (κ2) is 5.80. The van der Waals surface area contributed by atoms with Gasteiger partial charge in [-0.2, -0.15) is 0 Å². The summed E-state index contributed by atoms with van der Waals surface area (Å²) in [6, 6.07) is 0. The number of amides is 1. The summed E-state index contributed by atoms with van der Waals surface area (Å²) >= 11 is 0. The number of alkyl carbamates (subject to hydrolysis) is 1. The van der Waals surface area contributed by atoms with Crippen molar-refractivity contribution in [2.45, 2.75) is 70.9 Å². The Bertz CT molecular complexity index is 348. The minimum Gasteiger partial charge on any atom is -0.479 e. The van der Waals surface area contributed by atoms with Crippen LogP contribution in [0, 0.1) is 5.92 Å². The van der Waals surface area contributed by atoms with E-state index >= 15 is 0 Å². The van der Waals surface area contributed by atoms with Gasteiger partial charge in [0.25, 0.3) is 0 Å². The predicted molar refractivity (Wildman–Crippen MR) is 72.0 cm³/mol. The summed E-state index contributed by atoms with van der Waals surface area (Å²) in [6.45, 7) is 7.25. The van der Waals surface area contributed by atoms with Crippen LogP contribution in [0.1, 0.15) is 59.8 Å². The summed E-state index contributed by atoms with van der Waals surface area (Å²) in [7, 11) is 0. The number of nitrogens with one attached hydrogen (secondary N) is 1. The molecule has 0 aliphatic heterocycles. The molecule has 2 atom stereocenters. The van der Waals surface area contributed by atoms with Gasteiger partial charge >= 0.3 is 12.1 Å². The van der Waals surface area contributed by atoms with Gasteiger partial charge in [0, 0.05) is 0 Å². The van der Waals surface area contributed by atoms with Crippen molar-refractivity contribution in [1.29, 1.82) is 0 Å². The maximum Gasteiger partial charge on any atom is 0.408 e. The number of hydrogen-bond acceptors (Lipinski definition) is 3. The van der Waals surface area contributed by atoms with E-state index in [4.69, 9.17) is 4.74 Å². The number of carbonyl (C=O) groups is 2. The molecule has 110 valence electrons. The summed E-state index contributed by atoms with van der Waals surface area (Å²) in [5.74, 6) is -0.990. The largest absolute Gasteiger partial charge is 0.479 e. The van der Waals surface area contributed by atoms with Gasteiger partial charge in [-0.3, -0.25) is 0 Å². The fraction of sp³-hybridized carbons (Fsp3) is 0.857.